The number of hydrogen-bond acceptors (Lipinski definition) is 1. The SMILES string of the molecule is ClCc1ccc(-c2ccc(Cl)cc2)cn1. The lowest BCUT2D eigenvalue weighted by Gasteiger charge is -2.01. The second-order valence-electron chi connectivity index (χ2n) is 3.18. The predicted molar refractivity (Wildman–Crippen MR) is 64.2 cm³/mol. The summed E-state index contributed by atoms with van der Waals surface area (Å²) >= 11 is 11.5. The Bertz CT molecular complexity index is 434. The number of hydrogen-bond donors (Lipinski definition) is 0. The molecule has 0 spiro atoms. The molecule has 15 heavy (non-hydrogen) atoms. The van der Waals surface area contributed by atoms with Gasteiger partial charge in [-0.15, -0.1) is 11.6 Å². The third kappa shape index (κ3) is 2.49. The molecule has 0 N–H and O–H groups in total. The molecule has 1 heterocycles. The monoisotopic (exact) mass is 237 g/mol. The second kappa shape index (κ2) is 4.65. The maximum Gasteiger partial charge on any atom is 0.0647 e. The van der Waals surface area contributed by atoms with Crippen LogP contribution in [-0.2, 0) is 5.88 Å². The van der Waals surface area contributed by atoms with Crippen LogP contribution in [0.5, 0.6) is 0 Å². The number of halogens is 2. The van der Waals surface area contributed by atoms with E-state index in [2.05, 4.69) is 4.98 Å². The Morgan fingerprint density at radius 3 is 2.13 bits per heavy atom. The highest BCUT2D eigenvalue weighted by Crippen LogP contribution is 2.20. The van der Waals surface area contributed by atoms with Gasteiger partial charge >= 0.3 is 0 Å². The normalized spacial score (nSPS) is 10.3. The maximum absolute atomic E-state index is 5.81. The van der Waals surface area contributed by atoms with Gasteiger partial charge in [-0.3, -0.25) is 4.98 Å². The summed E-state index contributed by atoms with van der Waals surface area (Å²) in [5, 5.41) is 0.740. The standard InChI is InChI=1S/C12H9Cl2N/c13-7-12-6-3-10(8-15-12)9-1-4-11(14)5-2-9/h1-6,8H,7H2. The van der Waals surface area contributed by atoms with E-state index in [1.165, 1.54) is 0 Å². The quantitative estimate of drug-likeness (QED) is 0.716. The first-order chi connectivity index (χ1) is 7.29. The summed E-state index contributed by atoms with van der Waals surface area (Å²) in [6, 6.07) is 11.6. The Balaban J connectivity index is 2.33. The topological polar surface area (TPSA) is 12.9 Å². The highest BCUT2D eigenvalue weighted by molar-refractivity contribution is 6.30. The van der Waals surface area contributed by atoms with Gasteiger partial charge in [-0.1, -0.05) is 29.8 Å². The van der Waals surface area contributed by atoms with Crippen LogP contribution >= 0.6 is 23.2 Å². The van der Waals surface area contributed by atoms with Crippen LogP contribution in [0.25, 0.3) is 11.1 Å². The summed E-state index contributed by atoms with van der Waals surface area (Å²) in [7, 11) is 0. The number of aromatic nitrogens is 1. The van der Waals surface area contributed by atoms with Crippen molar-refractivity contribution in [2.75, 3.05) is 0 Å². The van der Waals surface area contributed by atoms with Gasteiger partial charge in [0.05, 0.1) is 11.6 Å². The van der Waals surface area contributed by atoms with Crippen molar-refractivity contribution in [2.45, 2.75) is 5.88 Å². The summed E-state index contributed by atoms with van der Waals surface area (Å²) in [5.41, 5.74) is 3.06. The molecule has 2 rings (SSSR count). The van der Waals surface area contributed by atoms with Gasteiger partial charge in [-0.25, -0.2) is 0 Å². The smallest absolute Gasteiger partial charge is 0.0647 e. The zero-order chi connectivity index (χ0) is 10.7. The third-order valence-electron chi connectivity index (χ3n) is 2.14. The number of alkyl halides is 1. The molecule has 0 amide bonds. The molecule has 1 aromatic carbocycles. The molecule has 0 saturated heterocycles. The molecule has 0 aliphatic heterocycles. The molecule has 1 aromatic heterocycles. The highest BCUT2D eigenvalue weighted by Gasteiger charge is 1.98. The first-order valence-corrected chi connectivity index (χ1v) is 5.47. The summed E-state index contributed by atoms with van der Waals surface area (Å²) in [4.78, 5) is 4.23. The molecule has 1 nitrogen and oxygen atoms in total. The van der Waals surface area contributed by atoms with E-state index >= 15 is 0 Å². The molecular weight excluding hydrogens is 229 g/mol. The molecule has 0 fully saturated rings. The third-order valence-corrected chi connectivity index (χ3v) is 2.67. The van der Waals surface area contributed by atoms with E-state index in [9.17, 15) is 0 Å². The Morgan fingerprint density at radius 1 is 0.933 bits per heavy atom. The maximum atomic E-state index is 5.81. The molecule has 76 valence electrons. The van der Waals surface area contributed by atoms with E-state index in [0.29, 0.717) is 5.88 Å². The van der Waals surface area contributed by atoms with Crippen molar-refractivity contribution < 1.29 is 0 Å². The van der Waals surface area contributed by atoms with Crippen LogP contribution in [0.15, 0.2) is 42.6 Å². The molecule has 2 aromatic rings. The van der Waals surface area contributed by atoms with Gasteiger partial charge in [-0.05, 0) is 23.8 Å². The molecule has 0 bridgehead atoms. The largest absolute Gasteiger partial charge is 0.259 e. The van der Waals surface area contributed by atoms with Crippen LogP contribution < -0.4 is 0 Å². The van der Waals surface area contributed by atoms with Crippen LogP contribution in [0.3, 0.4) is 0 Å². The Labute approximate surface area is 98.7 Å². The van der Waals surface area contributed by atoms with Crippen LogP contribution in [-0.4, -0.2) is 4.98 Å². The summed E-state index contributed by atoms with van der Waals surface area (Å²) < 4.78 is 0. The minimum absolute atomic E-state index is 0.445. The van der Waals surface area contributed by atoms with Gasteiger partial charge in [0.25, 0.3) is 0 Å². The van der Waals surface area contributed by atoms with Gasteiger partial charge in [0.2, 0.25) is 0 Å². The molecule has 0 saturated carbocycles. The van der Waals surface area contributed by atoms with E-state index in [1.54, 1.807) is 0 Å². The number of rotatable bonds is 2. The summed E-state index contributed by atoms with van der Waals surface area (Å²) in [6.07, 6.45) is 1.82. The fraction of sp³-hybridized carbons (Fsp3) is 0.0833. The number of benzene rings is 1. The lowest BCUT2D eigenvalue weighted by atomic mass is 10.1. The van der Waals surface area contributed by atoms with Gasteiger partial charge in [0.15, 0.2) is 0 Å². The van der Waals surface area contributed by atoms with Gasteiger partial charge in [-0.2, -0.15) is 0 Å². The number of pyridine rings is 1. The van der Waals surface area contributed by atoms with Crippen LogP contribution in [0, 0.1) is 0 Å². The first kappa shape index (κ1) is 10.5. The molecule has 0 aliphatic carbocycles. The Hall–Kier alpha value is -1.05. The van der Waals surface area contributed by atoms with Crippen molar-refractivity contribution in [3.05, 3.63) is 53.3 Å². The lowest BCUT2D eigenvalue weighted by Crippen LogP contribution is -1.85. The molecular formula is C12H9Cl2N. The van der Waals surface area contributed by atoms with Gasteiger partial charge < -0.3 is 0 Å². The summed E-state index contributed by atoms with van der Waals surface area (Å²) in [5.74, 6) is 0.445. The molecule has 0 aliphatic rings. The average Bonchev–Trinajstić information content (AvgIpc) is 2.30. The zero-order valence-corrected chi connectivity index (χ0v) is 9.46. The Kier molecular flexibility index (Phi) is 3.24. The number of nitrogens with zero attached hydrogens (tertiary/aromatic N) is 1. The zero-order valence-electron chi connectivity index (χ0n) is 7.95. The van der Waals surface area contributed by atoms with E-state index < -0.39 is 0 Å². The van der Waals surface area contributed by atoms with Crippen molar-refractivity contribution in [3.8, 4) is 11.1 Å². The van der Waals surface area contributed by atoms with Crippen molar-refractivity contribution in [1.29, 1.82) is 0 Å². The predicted octanol–water partition coefficient (Wildman–Crippen LogP) is 4.14. The van der Waals surface area contributed by atoms with Gasteiger partial charge in [0, 0.05) is 16.8 Å². The van der Waals surface area contributed by atoms with E-state index in [-0.39, 0.29) is 0 Å². The second-order valence-corrected chi connectivity index (χ2v) is 3.88. The molecule has 3 heteroatoms. The minimum atomic E-state index is 0.445. The van der Waals surface area contributed by atoms with E-state index in [4.69, 9.17) is 23.2 Å². The van der Waals surface area contributed by atoms with Gasteiger partial charge in [0.1, 0.15) is 0 Å². The van der Waals surface area contributed by atoms with Crippen molar-refractivity contribution >= 4 is 23.2 Å². The Morgan fingerprint density at radius 2 is 1.60 bits per heavy atom. The minimum Gasteiger partial charge on any atom is -0.259 e. The van der Waals surface area contributed by atoms with Crippen molar-refractivity contribution in [3.63, 3.8) is 0 Å². The lowest BCUT2D eigenvalue weighted by molar-refractivity contribution is 1.17. The fourth-order valence-electron chi connectivity index (χ4n) is 1.32. The van der Waals surface area contributed by atoms with E-state index in [0.717, 1.165) is 21.8 Å². The summed E-state index contributed by atoms with van der Waals surface area (Å²) in [6.45, 7) is 0. The van der Waals surface area contributed by atoms with E-state index in [1.807, 2.05) is 42.6 Å². The molecule has 0 unspecified atom stereocenters. The fourth-order valence-corrected chi connectivity index (χ4v) is 1.60. The van der Waals surface area contributed by atoms with Crippen LogP contribution in [0.4, 0.5) is 0 Å². The first-order valence-electron chi connectivity index (χ1n) is 4.56. The van der Waals surface area contributed by atoms with Crippen molar-refractivity contribution in [1.82, 2.24) is 4.98 Å². The van der Waals surface area contributed by atoms with Crippen LogP contribution in [0.1, 0.15) is 5.69 Å². The average molecular weight is 238 g/mol. The van der Waals surface area contributed by atoms with Crippen molar-refractivity contribution in [2.24, 2.45) is 0 Å². The highest BCUT2D eigenvalue weighted by atomic mass is 35.5. The van der Waals surface area contributed by atoms with Crippen LogP contribution in [0.2, 0.25) is 5.02 Å². The molecule has 0 atom stereocenters. The molecule has 0 radical (unpaired) electrons.